The van der Waals surface area contributed by atoms with E-state index in [4.69, 9.17) is 19.9 Å². The van der Waals surface area contributed by atoms with Crippen LogP contribution in [0.2, 0.25) is 0 Å². The van der Waals surface area contributed by atoms with Crippen LogP contribution in [0.25, 0.3) is 0 Å². The molecule has 0 aromatic carbocycles. The lowest BCUT2D eigenvalue weighted by atomic mass is 10.2. The summed E-state index contributed by atoms with van der Waals surface area (Å²) in [7, 11) is 0. The number of hydrogen-bond donors (Lipinski definition) is 2. The highest BCUT2D eigenvalue weighted by Crippen LogP contribution is 2.07. The molecule has 1 rings (SSSR count). The van der Waals surface area contributed by atoms with Crippen LogP contribution >= 0.6 is 0 Å². The molecule has 6 heteroatoms. The van der Waals surface area contributed by atoms with E-state index in [1.165, 1.54) is 0 Å². The van der Waals surface area contributed by atoms with Gasteiger partial charge >= 0.3 is 6.09 Å². The molecule has 0 aliphatic carbocycles. The molecular formula is C9H18N2O4. The molecule has 15 heavy (non-hydrogen) atoms. The summed E-state index contributed by atoms with van der Waals surface area (Å²) in [5, 5.41) is 2.63. The van der Waals surface area contributed by atoms with Gasteiger partial charge in [-0.25, -0.2) is 4.79 Å². The topological polar surface area (TPSA) is 82.8 Å². The summed E-state index contributed by atoms with van der Waals surface area (Å²) in [4.78, 5) is 11.3. The van der Waals surface area contributed by atoms with Crippen LogP contribution in [0, 0.1) is 0 Å². The van der Waals surface area contributed by atoms with Crippen molar-refractivity contribution in [3.8, 4) is 0 Å². The number of hydrogen-bond acceptors (Lipinski definition) is 5. The SMILES string of the molecule is CC(C)(C)OC(=O)N[C@H]1CO[C@H](N)OC1. The van der Waals surface area contributed by atoms with Crippen LogP contribution in [0.4, 0.5) is 4.79 Å². The van der Waals surface area contributed by atoms with Gasteiger partial charge < -0.3 is 19.5 Å². The molecule has 0 aromatic rings. The predicted octanol–water partition coefficient (Wildman–Crippen LogP) is 0.169. The monoisotopic (exact) mass is 218 g/mol. The van der Waals surface area contributed by atoms with Crippen molar-refractivity contribution < 1.29 is 19.0 Å². The number of nitrogens with one attached hydrogen (secondary N) is 1. The van der Waals surface area contributed by atoms with Gasteiger partial charge in [0.1, 0.15) is 5.60 Å². The third-order valence-electron chi connectivity index (χ3n) is 1.64. The van der Waals surface area contributed by atoms with E-state index < -0.39 is 18.1 Å². The molecule has 0 bridgehead atoms. The minimum absolute atomic E-state index is 0.209. The van der Waals surface area contributed by atoms with E-state index in [0.717, 1.165) is 0 Å². The van der Waals surface area contributed by atoms with E-state index in [-0.39, 0.29) is 6.04 Å². The highest BCUT2D eigenvalue weighted by atomic mass is 16.7. The molecule has 6 nitrogen and oxygen atoms in total. The fraction of sp³-hybridized carbons (Fsp3) is 0.889. The first-order valence-electron chi connectivity index (χ1n) is 4.85. The van der Waals surface area contributed by atoms with Crippen LogP contribution < -0.4 is 11.1 Å². The van der Waals surface area contributed by atoms with Crippen molar-refractivity contribution in [2.24, 2.45) is 5.73 Å². The molecule has 1 saturated heterocycles. The molecule has 0 aromatic heterocycles. The van der Waals surface area contributed by atoms with Gasteiger partial charge in [0.05, 0.1) is 19.3 Å². The van der Waals surface area contributed by atoms with Crippen molar-refractivity contribution in [2.75, 3.05) is 13.2 Å². The quantitative estimate of drug-likeness (QED) is 0.655. The minimum atomic E-state index is -0.693. The van der Waals surface area contributed by atoms with E-state index in [9.17, 15) is 4.79 Å². The first-order valence-corrected chi connectivity index (χ1v) is 4.85. The van der Waals surface area contributed by atoms with Crippen LogP contribution in [0.3, 0.4) is 0 Å². The number of carbonyl (C=O) groups is 1. The molecule has 0 atom stereocenters. The van der Waals surface area contributed by atoms with Crippen molar-refractivity contribution in [3.63, 3.8) is 0 Å². The maximum Gasteiger partial charge on any atom is 0.408 e. The van der Waals surface area contributed by atoms with Crippen LogP contribution in [-0.2, 0) is 14.2 Å². The zero-order valence-corrected chi connectivity index (χ0v) is 9.28. The van der Waals surface area contributed by atoms with Gasteiger partial charge in [0.15, 0.2) is 0 Å². The lowest BCUT2D eigenvalue weighted by molar-refractivity contribution is -0.185. The molecule has 1 aliphatic heterocycles. The Hall–Kier alpha value is -0.850. The zero-order chi connectivity index (χ0) is 11.5. The highest BCUT2D eigenvalue weighted by molar-refractivity contribution is 5.68. The highest BCUT2D eigenvalue weighted by Gasteiger charge is 2.23. The van der Waals surface area contributed by atoms with E-state index in [1.54, 1.807) is 20.8 Å². The summed E-state index contributed by atoms with van der Waals surface area (Å²) in [5.41, 5.74) is 4.84. The van der Waals surface area contributed by atoms with Crippen LogP contribution in [0.1, 0.15) is 20.8 Å². The summed E-state index contributed by atoms with van der Waals surface area (Å²) in [6, 6.07) is -0.209. The minimum Gasteiger partial charge on any atom is -0.444 e. The van der Waals surface area contributed by atoms with Crippen LogP contribution in [0.5, 0.6) is 0 Å². The summed E-state index contributed by atoms with van der Waals surface area (Å²) < 4.78 is 15.1. The fourth-order valence-electron chi connectivity index (χ4n) is 1.08. The Morgan fingerprint density at radius 2 is 1.93 bits per heavy atom. The summed E-state index contributed by atoms with van der Waals surface area (Å²) in [6.07, 6.45) is -1.17. The zero-order valence-electron chi connectivity index (χ0n) is 9.28. The molecule has 0 unspecified atom stereocenters. The number of ether oxygens (including phenoxy) is 3. The molecule has 0 saturated carbocycles. The van der Waals surface area contributed by atoms with Gasteiger partial charge in [0.2, 0.25) is 6.41 Å². The normalized spacial score (nSPS) is 27.2. The molecular weight excluding hydrogens is 200 g/mol. The van der Waals surface area contributed by atoms with Crippen molar-refractivity contribution in [1.29, 1.82) is 0 Å². The number of carbonyl (C=O) groups excluding carboxylic acids is 1. The number of amides is 1. The van der Waals surface area contributed by atoms with Crippen molar-refractivity contribution in [2.45, 2.75) is 38.8 Å². The molecule has 1 fully saturated rings. The average molecular weight is 218 g/mol. The van der Waals surface area contributed by atoms with Gasteiger partial charge in [-0.15, -0.1) is 0 Å². The second-order valence-electron chi connectivity index (χ2n) is 4.38. The van der Waals surface area contributed by atoms with Gasteiger partial charge in [0, 0.05) is 0 Å². The number of nitrogens with two attached hydrogens (primary N) is 1. The van der Waals surface area contributed by atoms with Gasteiger partial charge in [-0.2, -0.15) is 0 Å². The summed E-state index contributed by atoms with van der Waals surface area (Å²) >= 11 is 0. The Bertz CT molecular complexity index is 219. The van der Waals surface area contributed by atoms with E-state index in [1.807, 2.05) is 0 Å². The first-order chi connectivity index (χ1) is 6.87. The molecule has 3 N–H and O–H groups in total. The molecule has 1 heterocycles. The Morgan fingerprint density at radius 1 is 1.40 bits per heavy atom. The Labute approximate surface area is 89.0 Å². The Morgan fingerprint density at radius 3 is 2.40 bits per heavy atom. The maximum atomic E-state index is 11.3. The van der Waals surface area contributed by atoms with Crippen molar-refractivity contribution in [1.82, 2.24) is 5.32 Å². The summed E-state index contributed by atoms with van der Waals surface area (Å²) in [5.74, 6) is 0. The Balaban J connectivity index is 2.27. The van der Waals surface area contributed by atoms with Gasteiger partial charge in [-0.1, -0.05) is 0 Å². The van der Waals surface area contributed by atoms with Crippen LogP contribution in [-0.4, -0.2) is 37.4 Å². The third-order valence-corrected chi connectivity index (χ3v) is 1.64. The summed E-state index contributed by atoms with van der Waals surface area (Å²) in [6.45, 7) is 6.07. The van der Waals surface area contributed by atoms with E-state index in [2.05, 4.69) is 5.32 Å². The molecule has 1 aliphatic rings. The van der Waals surface area contributed by atoms with Gasteiger partial charge in [-0.3, -0.25) is 5.73 Å². The van der Waals surface area contributed by atoms with E-state index in [0.29, 0.717) is 13.2 Å². The molecule has 88 valence electrons. The average Bonchev–Trinajstić information content (AvgIpc) is 2.05. The van der Waals surface area contributed by atoms with Crippen LogP contribution in [0.15, 0.2) is 0 Å². The standard InChI is InChI=1S/C9H18N2O4/c1-9(2,3)15-8(12)11-6-4-13-7(10)14-5-6/h6-7H,4-5,10H2,1-3H3,(H,11,12)/t6-,7-. The predicted molar refractivity (Wildman–Crippen MR) is 53.0 cm³/mol. The van der Waals surface area contributed by atoms with Crippen molar-refractivity contribution >= 4 is 6.09 Å². The largest absolute Gasteiger partial charge is 0.444 e. The molecule has 0 spiro atoms. The fourth-order valence-corrected chi connectivity index (χ4v) is 1.08. The number of alkyl carbamates (subject to hydrolysis) is 1. The van der Waals surface area contributed by atoms with E-state index >= 15 is 0 Å². The molecule has 1 amide bonds. The maximum absolute atomic E-state index is 11.3. The molecule has 0 radical (unpaired) electrons. The lowest BCUT2D eigenvalue weighted by Crippen LogP contribution is -2.50. The van der Waals surface area contributed by atoms with Crippen molar-refractivity contribution in [3.05, 3.63) is 0 Å². The first kappa shape index (κ1) is 12.2. The Kier molecular flexibility index (Phi) is 3.90. The smallest absolute Gasteiger partial charge is 0.408 e. The van der Waals surface area contributed by atoms with Gasteiger partial charge in [0.25, 0.3) is 0 Å². The number of rotatable bonds is 1. The third kappa shape index (κ3) is 4.96. The van der Waals surface area contributed by atoms with Gasteiger partial charge in [-0.05, 0) is 20.8 Å². The second kappa shape index (κ2) is 4.78. The second-order valence-corrected chi connectivity index (χ2v) is 4.38. The lowest BCUT2D eigenvalue weighted by Gasteiger charge is -2.28.